The van der Waals surface area contributed by atoms with Gasteiger partial charge in [-0.2, -0.15) is 0 Å². The highest BCUT2D eigenvalue weighted by atomic mass is 32.1. The Kier molecular flexibility index (Phi) is 4.56. The zero-order valence-corrected chi connectivity index (χ0v) is 12.1. The van der Waals surface area contributed by atoms with Gasteiger partial charge in [-0.3, -0.25) is 5.32 Å². The molecular formula is C12H17N3O4S. The summed E-state index contributed by atoms with van der Waals surface area (Å²) in [5.74, 6) is -0.953. The van der Waals surface area contributed by atoms with E-state index in [1.165, 1.54) is 11.3 Å². The molecule has 0 aromatic carbocycles. The third kappa shape index (κ3) is 3.67. The first-order valence-electron chi connectivity index (χ1n) is 6.33. The smallest absolute Gasteiger partial charge is 0.332 e. The summed E-state index contributed by atoms with van der Waals surface area (Å²) in [6.45, 7) is 4.11. The van der Waals surface area contributed by atoms with E-state index in [-0.39, 0.29) is 12.1 Å². The Bertz CT molecular complexity index is 497. The predicted octanol–water partition coefficient (Wildman–Crippen LogP) is 1.51. The lowest BCUT2D eigenvalue weighted by atomic mass is 10.2. The largest absolute Gasteiger partial charge is 0.479 e. The molecule has 8 heteroatoms. The van der Waals surface area contributed by atoms with E-state index in [0.29, 0.717) is 24.5 Å². The summed E-state index contributed by atoms with van der Waals surface area (Å²) in [6, 6.07) is -0.360. The van der Waals surface area contributed by atoms with Gasteiger partial charge >= 0.3 is 12.0 Å². The molecule has 2 atom stereocenters. The lowest BCUT2D eigenvalue weighted by Crippen LogP contribution is -2.35. The van der Waals surface area contributed by atoms with E-state index < -0.39 is 12.1 Å². The fraction of sp³-hybridized carbons (Fsp3) is 0.583. The van der Waals surface area contributed by atoms with Crippen LogP contribution in [0.3, 0.4) is 0 Å². The maximum Gasteiger partial charge on any atom is 0.332 e. The van der Waals surface area contributed by atoms with E-state index >= 15 is 0 Å². The molecule has 0 radical (unpaired) electrons. The zero-order chi connectivity index (χ0) is 14.7. The van der Waals surface area contributed by atoms with Gasteiger partial charge in [-0.05, 0) is 26.7 Å². The molecule has 1 aromatic heterocycles. The Balaban J connectivity index is 1.74. The number of carboxylic acid groups (broad SMARTS) is 1. The normalized spacial score (nSPS) is 21.7. The molecule has 1 saturated heterocycles. The van der Waals surface area contributed by atoms with Gasteiger partial charge in [-0.1, -0.05) is 0 Å². The molecule has 2 heterocycles. The SMILES string of the molecule is Cc1nc(NC(=O)NCC2CCC(C(=O)O)O2)sc1C. The van der Waals surface area contributed by atoms with Crippen molar-refractivity contribution in [2.75, 3.05) is 11.9 Å². The van der Waals surface area contributed by atoms with Crippen molar-refractivity contribution < 1.29 is 19.4 Å². The highest BCUT2D eigenvalue weighted by Gasteiger charge is 2.30. The van der Waals surface area contributed by atoms with Crippen LogP contribution in [0.1, 0.15) is 23.4 Å². The summed E-state index contributed by atoms with van der Waals surface area (Å²) in [7, 11) is 0. The second-order valence-corrected chi connectivity index (χ2v) is 5.86. The number of amides is 2. The van der Waals surface area contributed by atoms with Gasteiger partial charge in [0.15, 0.2) is 11.2 Å². The number of thiazole rings is 1. The van der Waals surface area contributed by atoms with Gasteiger partial charge in [0.2, 0.25) is 0 Å². The molecule has 1 aliphatic heterocycles. The molecule has 1 fully saturated rings. The third-order valence-electron chi connectivity index (χ3n) is 3.12. The Morgan fingerprint density at radius 1 is 1.45 bits per heavy atom. The van der Waals surface area contributed by atoms with E-state index in [1.54, 1.807) is 0 Å². The minimum absolute atomic E-state index is 0.249. The van der Waals surface area contributed by atoms with E-state index in [9.17, 15) is 9.59 Å². The first kappa shape index (κ1) is 14.7. The number of anilines is 1. The molecule has 110 valence electrons. The van der Waals surface area contributed by atoms with Crippen molar-refractivity contribution in [2.24, 2.45) is 0 Å². The number of carbonyl (C=O) groups excluding carboxylic acids is 1. The second-order valence-electron chi connectivity index (χ2n) is 4.66. The number of nitrogens with one attached hydrogen (secondary N) is 2. The number of carboxylic acids is 1. The standard InChI is InChI=1S/C12H17N3O4S/c1-6-7(2)20-12(14-6)15-11(18)13-5-8-3-4-9(19-8)10(16)17/h8-9H,3-5H2,1-2H3,(H,16,17)(H2,13,14,15,18). The van der Waals surface area contributed by atoms with E-state index in [2.05, 4.69) is 15.6 Å². The summed E-state index contributed by atoms with van der Waals surface area (Å²) in [6.07, 6.45) is 0.108. The fourth-order valence-electron chi connectivity index (χ4n) is 1.91. The number of hydrogen-bond donors (Lipinski definition) is 3. The number of aromatic nitrogens is 1. The number of aryl methyl sites for hydroxylation is 2. The van der Waals surface area contributed by atoms with Crippen molar-refractivity contribution >= 4 is 28.5 Å². The van der Waals surface area contributed by atoms with Gasteiger partial charge in [-0.25, -0.2) is 14.6 Å². The Morgan fingerprint density at radius 3 is 2.75 bits per heavy atom. The maximum absolute atomic E-state index is 11.7. The number of rotatable bonds is 4. The topological polar surface area (TPSA) is 101 Å². The van der Waals surface area contributed by atoms with Crippen LogP contribution >= 0.6 is 11.3 Å². The van der Waals surface area contributed by atoms with Gasteiger partial charge in [-0.15, -0.1) is 11.3 Å². The highest BCUT2D eigenvalue weighted by Crippen LogP contribution is 2.21. The summed E-state index contributed by atoms with van der Waals surface area (Å²) in [4.78, 5) is 27.7. The van der Waals surface area contributed by atoms with Crippen LogP contribution in [0.4, 0.5) is 9.93 Å². The molecule has 2 amide bonds. The zero-order valence-electron chi connectivity index (χ0n) is 11.3. The van der Waals surface area contributed by atoms with Crippen molar-refractivity contribution in [3.05, 3.63) is 10.6 Å². The minimum Gasteiger partial charge on any atom is -0.479 e. The van der Waals surface area contributed by atoms with Crippen LogP contribution in [-0.4, -0.2) is 40.8 Å². The van der Waals surface area contributed by atoms with E-state index in [1.807, 2.05) is 13.8 Å². The number of carbonyl (C=O) groups is 2. The Hall–Kier alpha value is -1.67. The minimum atomic E-state index is -0.953. The van der Waals surface area contributed by atoms with Gasteiger partial charge in [0.1, 0.15) is 0 Å². The van der Waals surface area contributed by atoms with E-state index in [4.69, 9.17) is 9.84 Å². The summed E-state index contributed by atoms with van der Waals surface area (Å²) >= 11 is 1.41. The quantitative estimate of drug-likeness (QED) is 0.782. The first-order chi connectivity index (χ1) is 9.45. The average Bonchev–Trinajstić information content (AvgIpc) is 2.95. The van der Waals surface area contributed by atoms with Gasteiger partial charge in [0, 0.05) is 11.4 Å². The predicted molar refractivity (Wildman–Crippen MR) is 74.1 cm³/mol. The Morgan fingerprint density at radius 2 is 2.20 bits per heavy atom. The summed E-state index contributed by atoms with van der Waals surface area (Å²) in [5, 5.41) is 14.7. The third-order valence-corrected chi connectivity index (χ3v) is 4.11. The first-order valence-corrected chi connectivity index (χ1v) is 7.14. The van der Waals surface area contributed by atoms with Crippen LogP contribution in [0, 0.1) is 13.8 Å². The van der Waals surface area contributed by atoms with Crippen molar-refractivity contribution in [2.45, 2.75) is 38.9 Å². The maximum atomic E-state index is 11.7. The van der Waals surface area contributed by atoms with Crippen molar-refractivity contribution in [1.29, 1.82) is 0 Å². The number of aliphatic carboxylic acids is 1. The molecule has 0 aliphatic carbocycles. The molecule has 1 aromatic rings. The molecule has 3 N–H and O–H groups in total. The molecule has 1 aliphatic rings. The van der Waals surface area contributed by atoms with Crippen LogP contribution in [0.15, 0.2) is 0 Å². The molecular weight excluding hydrogens is 282 g/mol. The molecule has 20 heavy (non-hydrogen) atoms. The van der Waals surface area contributed by atoms with Crippen molar-refractivity contribution in [3.63, 3.8) is 0 Å². The molecule has 7 nitrogen and oxygen atoms in total. The molecule has 2 unspecified atom stereocenters. The summed E-state index contributed by atoms with van der Waals surface area (Å²) < 4.78 is 5.29. The van der Waals surface area contributed by atoms with Crippen LogP contribution in [-0.2, 0) is 9.53 Å². The molecule has 0 saturated carbocycles. The van der Waals surface area contributed by atoms with Gasteiger partial charge in [0.25, 0.3) is 0 Å². The average molecular weight is 299 g/mol. The highest BCUT2D eigenvalue weighted by molar-refractivity contribution is 7.15. The number of urea groups is 1. The number of nitrogens with zero attached hydrogens (tertiary/aromatic N) is 1. The molecule has 0 spiro atoms. The van der Waals surface area contributed by atoms with Gasteiger partial charge in [0.05, 0.1) is 11.8 Å². The lowest BCUT2D eigenvalue weighted by Gasteiger charge is -2.12. The monoisotopic (exact) mass is 299 g/mol. The lowest BCUT2D eigenvalue weighted by molar-refractivity contribution is -0.149. The second kappa shape index (κ2) is 6.19. The number of hydrogen-bond acceptors (Lipinski definition) is 5. The Labute approximate surface area is 120 Å². The number of ether oxygens (including phenoxy) is 1. The molecule has 2 rings (SSSR count). The van der Waals surface area contributed by atoms with Crippen LogP contribution in [0.2, 0.25) is 0 Å². The van der Waals surface area contributed by atoms with Gasteiger partial charge < -0.3 is 15.2 Å². The van der Waals surface area contributed by atoms with Crippen LogP contribution < -0.4 is 10.6 Å². The van der Waals surface area contributed by atoms with Crippen LogP contribution in [0.25, 0.3) is 0 Å². The fourth-order valence-corrected chi connectivity index (χ4v) is 2.72. The summed E-state index contributed by atoms with van der Waals surface area (Å²) in [5.41, 5.74) is 0.897. The van der Waals surface area contributed by atoms with Crippen LogP contribution in [0.5, 0.6) is 0 Å². The van der Waals surface area contributed by atoms with E-state index in [0.717, 1.165) is 10.6 Å². The van der Waals surface area contributed by atoms with Crippen molar-refractivity contribution in [1.82, 2.24) is 10.3 Å². The molecule has 0 bridgehead atoms. The van der Waals surface area contributed by atoms with Crippen molar-refractivity contribution in [3.8, 4) is 0 Å².